The topological polar surface area (TPSA) is 67.4 Å². The molecule has 0 spiro atoms. The highest BCUT2D eigenvalue weighted by Crippen LogP contribution is 2.32. The molecule has 116 valence electrons. The average molecular weight is 469 g/mol. The summed E-state index contributed by atoms with van der Waals surface area (Å²) >= 11 is 13.6. The second kappa shape index (κ2) is 7.96. The first-order valence-electron chi connectivity index (χ1n) is 5.88. The van der Waals surface area contributed by atoms with Crippen LogP contribution in [-0.2, 0) is 4.79 Å². The fourth-order valence-electron chi connectivity index (χ4n) is 1.36. The van der Waals surface area contributed by atoms with Crippen molar-refractivity contribution in [2.75, 3.05) is 6.61 Å². The van der Waals surface area contributed by atoms with E-state index in [4.69, 9.17) is 16.3 Å². The normalized spacial score (nSPS) is 10.1. The number of benzene rings is 1. The Balaban J connectivity index is 1.77. The molecule has 0 unspecified atom stereocenters. The zero-order valence-corrected chi connectivity index (χ0v) is 15.6. The number of ether oxygens (including phenoxy) is 1. The molecule has 1 aromatic carbocycles. The number of carbonyl (C=O) groups is 2. The minimum Gasteiger partial charge on any atom is -0.484 e. The van der Waals surface area contributed by atoms with Crippen LogP contribution >= 0.6 is 54.8 Å². The summed E-state index contributed by atoms with van der Waals surface area (Å²) in [5, 5.41) is 0.581. The van der Waals surface area contributed by atoms with E-state index in [2.05, 4.69) is 42.7 Å². The van der Waals surface area contributed by atoms with Gasteiger partial charge >= 0.3 is 0 Å². The van der Waals surface area contributed by atoms with Gasteiger partial charge in [0.25, 0.3) is 11.8 Å². The fourth-order valence-corrected chi connectivity index (χ4v) is 3.42. The molecule has 2 amide bonds. The van der Waals surface area contributed by atoms with Crippen LogP contribution in [0.2, 0.25) is 5.02 Å². The highest BCUT2D eigenvalue weighted by atomic mass is 79.9. The molecule has 2 rings (SSSR count). The molecule has 9 heteroatoms. The van der Waals surface area contributed by atoms with Crippen LogP contribution in [0.15, 0.2) is 38.6 Å². The average Bonchev–Trinajstić information content (AvgIpc) is 2.84. The van der Waals surface area contributed by atoms with Gasteiger partial charge in [0.2, 0.25) is 0 Å². The van der Waals surface area contributed by atoms with Crippen LogP contribution in [0.3, 0.4) is 0 Å². The Hall–Kier alpha value is -1.09. The number of hydrogen-bond acceptors (Lipinski definition) is 4. The largest absolute Gasteiger partial charge is 0.484 e. The van der Waals surface area contributed by atoms with E-state index in [1.807, 2.05) is 0 Å². The molecule has 0 atom stereocenters. The monoisotopic (exact) mass is 466 g/mol. The first-order chi connectivity index (χ1) is 10.5. The molecule has 0 fully saturated rings. The second-order valence-electron chi connectivity index (χ2n) is 3.98. The first kappa shape index (κ1) is 17.3. The maximum Gasteiger partial charge on any atom is 0.279 e. The molecule has 22 heavy (non-hydrogen) atoms. The number of thiophene rings is 1. The highest BCUT2D eigenvalue weighted by Gasteiger charge is 2.12. The zero-order chi connectivity index (χ0) is 16.1. The van der Waals surface area contributed by atoms with Crippen LogP contribution in [-0.4, -0.2) is 18.4 Å². The molecule has 0 bridgehead atoms. The van der Waals surface area contributed by atoms with Gasteiger partial charge in [0, 0.05) is 9.50 Å². The Bertz CT molecular complexity index is 672. The summed E-state index contributed by atoms with van der Waals surface area (Å²) in [7, 11) is 0. The molecular formula is C13H9Br2ClN2O3S. The summed E-state index contributed by atoms with van der Waals surface area (Å²) < 4.78 is 6.83. The van der Waals surface area contributed by atoms with Crippen molar-refractivity contribution in [3.8, 4) is 5.75 Å². The minimum atomic E-state index is -0.474. The third-order valence-electron chi connectivity index (χ3n) is 2.37. The molecule has 1 heterocycles. The van der Waals surface area contributed by atoms with Crippen LogP contribution < -0.4 is 15.6 Å². The summed E-state index contributed by atoms with van der Waals surface area (Å²) in [6, 6.07) is 8.26. The molecule has 0 aliphatic heterocycles. The van der Waals surface area contributed by atoms with E-state index in [0.717, 1.165) is 8.26 Å². The fraction of sp³-hybridized carbons (Fsp3) is 0.0769. The number of carbonyl (C=O) groups excluding carboxylic acids is 2. The molecule has 0 aliphatic carbocycles. The quantitative estimate of drug-likeness (QED) is 0.672. The Kier molecular flexibility index (Phi) is 6.25. The van der Waals surface area contributed by atoms with Gasteiger partial charge in [-0.05, 0) is 62.2 Å². The van der Waals surface area contributed by atoms with E-state index in [0.29, 0.717) is 15.6 Å². The molecular weight excluding hydrogens is 459 g/mol. The smallest absolute Gasteiger partial charge is 0.279 e. The Morgan fingerprint density at radius 3 is 2.45 bits per heavy atom. The first-order valence-corrected chi connectivity index (χ1v) is 8.66. The van der Waals surface area contributed by atoms with Gasteiger partial charge in [0.05, 0.1) is 8.66 Å². The summed E-state index contributed by atoms with van der Waals surface area (Å²) in [6.45, 7) is -0.222. The van der Waals surface area contributed by atoms with Crippen molar-refractivity contribution in [2.45, 2.75) is 0 Å². The molecule has 0 saturated heterocycles. The molecule has 0 saturated carbocycles. The predicted molar refractivity (Wildman–Crippen MR) is 92.3 cm³/mol. The third kappa shape index (κ3) is 4.98. The van der Waals surface area contributed by atoms with Gasteiger partial charge in [-0.1, -0.05) is 11.6 Å². The van der Waals surface area contributed by atoms with E-state index in [9.17, 15) is 9.59 Å². The third-order valence-corrected chi connectivity index (χ3v) is 5.87. The van der Waals surface area contributed by atoms with Crippen LogP contribution in [0.4, 0.5) is 0 Å². The van der Waals surface area contributed by atoms with Crippen LogP contribution in [0.25, 0.3) is 0 Å². The van der Waals surface area contributed by atoms with Crippen molar-refractivity contribution in [2.24, 2.45) is 0 Å². The van der Waals surface area contributed by atoms with Gasteiger partial charge in [-0.15, -0.1) is 11.3 Å². The minimum absolute atomic E-state index is 0.222. The second-order valence-corrected chi connectivity index (χ2v) is 7.64. The molecule has 2 aromatic rings. The maximum atomic E-state index is 11.8. The van der Waals surface area contributed by atoms with Crippen LogP contribution in [0.1, 0.15) is 9.67 Å². The van der Waals surface area contributed by atoms with Gasteiger partial charge < -0.3 is 4.74 Å². The summed E-state index contributed by atoms with van der Waals surface area (Å²) in [4.78, 5) is 23.9. The maximum absolute atomic E-state index is 11.8. The van der Waals surface area contributed by atoms with Crippen molar-refractivity contribution in [3.05, 3.63) is 48.5 Å². The molecule has 0 radical (unpaired) electrons. The van der Waals surface area contributed by atoms with Crippen LogP contribution in [0.5, 0.6) is 5.75 Å². The van der Waals surface area contributed by atoms with Crippen molar-refractivity contribution in [1.29, 1.82) is 0 Å². The van der Waals surface area contributed by atoms with E-state index in [1.165, 1.54) is 11.3 Å². The lowest BCUT2D eigenvalue weighted by molar-refractivity contribution is -0.123. The van der Waals surface area contributed by atoms with Crippen molar-refractivity contribution in [1.82, 2.24) is 10.9 Å². The SMILES string of the molecule is O=C(COc1ccc(Cl)cc1)NNC(=O)c1cc(Br)c(Br)s1. The van der Waals surface area contributed by atoms with E-state index in [-0.39, 0.29) is 6.61 Å². The number of nitrogens with one attached hydrogen (secondary N) is 2. The molecule has 0 aliphatic rings. The van der Waals surface area contributed by atoms with Crippen LogP contribution in [0, 0.1) is 0 Å². The van der Waals surface area contributed by atoms with Gasteiger partial charge in [0.15, 0.2) is 6.61 Å². The number of rotatable bonds is 4. The standard InChI is InChI=1S/C13H9Br2ClN2O3S/c14-9-5-10(22-12(9)15)13(20)18-17-11(19)6-21-8-3-1-7(16)2-4-8/h1-5H,6H2,(H,17,19)(H,18,20). The zero-order valence-electron chi connectivity index (χ0n) is 10.9. The number of hydrogen-bond donors (Lipinski definition) is 2. The van der Waals surface area contributed by atoms with E-state index >= 15 is 0 Å². The predicted octanol–water partition coefficient (Wildman–Crippen LogP) is 3.77. The molecule has 1 aromatic heterocycles. The van der Waals surface area contributed by atoms with Crippen molar-refractivity contribution >= 4 is 66.6 Å². The lowest BCUT2D eigenvalue weighted by Gasteiger charge is -2.08. The summed E-state index contributed by atoms with van der Waals surface area (Å²) in [5.74, 6) is -0.369. The summed E-state index contributed by atoms with van der Waals surface area (Å²) in [6.07, 6.45) is 0. The highest BCUT2D eigenvalue weighted by molar-refractivity contribution is 9.13. The van der Waals surface area contributed by atoms with E-state index in [1.54, 1.807) is 30.3 Å². The Morgan fingerprint density at radius 1 is 1.18 bits per heavy atom. The van der Waals surface area contributed by atoms with E-state index < -0.39 is 11.8 Å². The van der Waals surface area contributed by atoms with Gasteiger partial charge in [0.1, 0.15) is 5.75 Å². The molecule has 5 nitrogen and oxygen atoms in total. The number of hydrazine groups is 1. The number of halogens is 3. The van der Waals surface area contributed by atoms with Gasteiger partial charge in [-0.25, -0.2) is 0 Å². The summed E-state index contributed by atoms with van der Waals surface area (Å²) in [5.41, 5.74) is 4.59. The Labute approximate surface area is 152 Å². The van der Waals surface area contributed by atoms with Crippen molar-refractivity contribution < 1.29 is 14.3 Å². The van der Waals surface area contributed by atoms with Gasteiger partial charge in [-0.3, -0.25) is 20.4 Å². The Morgan fingerprint density at radius 2 is 1.86 bits per heavy atom. The van der Waals surface area contributed by atoms with Crippen molar-refractivity contribution in [3.63, 3.8) is 0 Å². The lowest BCUT2D eigenvalue weighted by atomic mass is 10.3. The number of amides is 2. The lowest BCUT2D eigenvalue weighted by Crippen LogP contribution is -2.43. The molecule has 2 N–H and O–H groups in total. The van der Waals surface area contributed by atoms with Gasteiger partial charge in [-0.2, -0.15) is 0 Å².